The zero-order valence-corrected chi connectivity index (χ0v) is 20.1. The van der Waals surface area contributed by atoms with Crippen LogP contribution in [0.25, 0.3) is 10.8 Å². The smallest absolute Gasteiger partial charge is 0.306 e. The van der Waals surface area contributed by atoms with E-state index >= 15 is 0 Å². The highest BCUT2D eigenvalue weighted by molar-refractivity contribution is 6.00. The number of aliphatic carboxylic acids is 1. The Morgan fingerprint density at radius 1 is 1.00 bits per heavy atom. The van der Waals surface area contributed by atoms with Gasteiger partial charge in [0.1, 0.15) is 25.4 Å². The Morgan fingerprint density at radius 3 is 2.40 bits per heavy atom. The molecule has 0 radical (unpaired) electrons. The summed E-state index contributed by atoms with van der Waals surface area (Å²) in [6.07, 6.45) is -2.25. The molecular weight excluding hydrogens is 446 g/mol. The van der Waals surface area contributed by atoms with Crippen molar-refractivity contribution >= 4 is 28.3 Å². The number of nitrogens with zero attached hydrogens (tertiary/aromatic N) is 1. The molecule has 0 saturated carbocycles. The predicted molar refractivity (Wildman–Crippen MR) is 132 cm³/mol. The van der Waals surface area contributed by atoms with Crippen LogP contribution in [0.5, 0.6) is 11.5 Å². The lowest BCUT2D eigenvalue weighted by Crippen LogP contribution is -2.44. The molecule has 3 aromatic carbocycles. The highest BCUT2D eigenvalue weighted by Crippen LogP contribution is 2.46. The highest BCUT2D eigenvalue weighted by atomic mass is 16.6. The number of rotatable bonds is 4. The summed E-state index contributed by atoms with van der Waals surface area (Å²) in [6, 6.07) is 17.6. The monoisotopic (exact) mass is 475 g/mol. The van der Waals surface area contributed by atoms with Crippen molar-refractivity contribution in [2.75, 3.05) is 24.7 Å². The third-order valence-corrected chi connectivity index (χ3v) is 6.20. The standard InChI is InChI=1S/C28H29NO6/c1-28(2,3)16-29-21-14-23-22(33-11-12-34-23)13-20(21)26(35-24(27(29)32)15-25(30)31)19-10-6-8-17-7-4-5-9-18(17)19/h4-10,13-14,24,26H,11-12,15-16H2,1-3H3,(H,30,31)/t24-,26-/m0/s1. The number of anilines is 1. The maximum absolute atomic E-state index is 13.8. The molecule has 7 nitrogen and oxygen atoms in total. The van der Waals surface area contributed by atoms with E-state index < -0.39 is 24.6 Å². The second-order valence-electron chi connectivity index (χ2n) is 10.2. The fraction of sp³-hybridized carbons (Fsp3) is 0.357. The quantitative estimate of drug-likeness (QED) is 0.575. The first-order valence-corrected chi connectivity index (χ1v) is 11.8. The van der Waals surface area contributed by atoms with Crippen molar-refractivity contribution in [3.63, 3.8) is 0 Å². The second-order valence-corrected chi connectivity index (χ2v) is 10.2. The number of hydrogen-bond acceptors (Lipinski definition) is 5. The molecule has 0 spiro atoms. The van der Waals surface area contributed by atoms with Crippen LogP contribution in [0.2, 0.25) is 0 Å². The molecule has 0 aromatic heterocycles. The molecule has 0 aliphatic carbocycles. The topological polar surface area (TPSA) is 85.3 Å². The Balaban J connectivity index is 1.76. The van der Waals surface area contributed by atoms with Crippen molar-refractivity contribution in [2.24, 2.45) is 5.41 Å². The van der Waals surface area contributed by atoms with Crippen LogP contribution in [0.3, 0.4) is 0 Å². The first-order valence-electron chi connectivity index (χ1n) is 11.8. The van der Waals surface area contributed by atoms with Gasteiger partial charge in [0, 0.05) is 18.2 Å². The molecule has 0 fully saturated rings. The summed E-state index contributed by atoms with van der Waals surface area (Å²) in [4.78, 5) is 27.2. The zero-order valence-electron chi connectivity index (χ0n) is 20.1. The van der Waals surface area contributed by atoms with Crippen LogP contribution in [0.1, 0.15) is 44.4 Å². The van der Waals surface area contributed by atoms with Gasteiger partial charge in [-0.1, -0.05) is 63.2 Å². The van der Waals surface area contributed by atoms with E-state index in [0.717, 1.165) is 21.9 Å². The molecule has 1 N–H and O–H groups in total. The minimum absolute atomic E-state index is 0.243. The molecule has 2 heterocycles. The first-order chi connectivity index (χ1) is 16.7. The number of fused-ring (bicyclic) bond motifs is 3. The van der Waals surface area contributed by atoms with Gasteiger partial charge in [-0.3, -0.25) is 9.59 Å². The summed E-state index contributed by atoms with van der Waals surface area (Å²) < 4.78 is 18.1. The number of hydrogen-bond donors (Lipinski definition) is 1. The van der Waals surface area contributed by atoms with Gasteiger partial charge in [0.25, 0.3) is 5.91 Å². The minimum Gasteiger partial charge on any atom is -0.486 e. The first kappa shape index (κ1) is 23.2. The molecule has 7 heteroatoms. The summed E-state index contributed by atoms with van der Waals surface area (Å²) in [7, 11) is 0. The Kier molecular flexibility index (Phi) is 5.89. The SMILES string of the molecule is CC(C)(C)CN1C(=O)[C@H](CC(=O)O)O[C@@H](c2cccc3ccccc23)c2cc3c(cc21)OCCO3. The lowest BCUT2D eigenvalue weighted by molar-refractivity contribution is -0.147. The van der Waals surface area contributed by atoms with Crippen LogP contribution in [-0.2, 0) is 14.3 Å². The van der Waals surface area contributed by atoms with E-state index in [2.05, 4.69) is 0 Å². The van der Waals surface area contributed by atoms with Gasteiger partial charge in [0.2, 0.25) is 0 Å². The Hall–Kier alpha value is -3.58. The molecule has 182 valence electrons. The van der Waals surface area contributed by atoms with Crippen molar-refractivity contribution in [1.29, 1.82) is 0 Å². The molecular formula is C28H29NO6. The van der Waals surface area contributed by atoms with Crippen molar-refractivity contribution in [3.8, 4) is 11.5 Å². The average Bonchev–Trinajstić information content (AvgIpc) is 2.92. The molecule has 0 unspecified atom stereocenters. The number of amides is 1. The van der Waals surface area contributed by atoms with Gasteiger partial charge < -0.3 is 24.2 Å². The fourth-order valence-corrected chi connectivity index (χ4v) is 4.78. The lowest BCUT2D eigenvalue weighted by Gasteiger charge is -2.32. The molecule has 2 aliphatic heterocycles. The van der Waals surface area contributed by atoms with Crippen LogP contribution in [0.4, 0.5) is 5.69 Å². The van der Waals surface area contributed by atoms with Gasteiger partial charge in [-0.25, -0.2) is 0 Å². The van der Waals surface area contributed by atoms with E-state index in [1.807, 2.05) is 75.4 Å². The van der Waals surface area contributed by atoms with Crippen LogP contribution in [0.15, 0.2) is 54.6 Å². The molecule has 2 atom stereocenters. The lowest BCUT2D eigenvalue weighted by atomic mass is 9.92. The average molecular weight is 476 g/mol. The normalized spacial score (nSPS) is 19.9. The minimum atomic E-state index is -1.15. The van der Waals surface area contributed by atoms with Gasteiger partial charge in [0.15, 0.2) is 11.5 Å². The van der Waals surface area contributed by atoms with Gasteiger partial charge >= 0.3 is 5.97 Å². The summed E-state index contributed by atoms with van der Waals surface area (Å²) >= 11 is 0. The third kappa shape index (κ3) is 4.56. The summed E-state index contributed by atoms with van der Waals surface area (Å²) in [5, 5.41) is 11.6. The number of benzene rings is 3. The molecule has 0 saturated heterocycles. The summed E-state index contributed by atoms with van der Waals surface area (Å²) in [6.45, 7) is 7.36. The second kappa shape index (κ2) is 8.89. The largest absolute Gasteiger partial charge is 0.486 e. The number of carboxylic acids is 1. The van der Waals surface area contributed by atoms with E-state index in [1.54, 1.807) is 4.90 Å². The molecule has 3 aromatic rings. The Labute approximate surface area is 204 Å². The predicted octanol–water partition coefficient (Wildman–Crippen LogP) is 4.95. The van der Waals surface area contributed by atoms with Crippen molar-refractivity contribution in [2.45, 2.75) is 39.4 Å². The number of carboxylic acid groups (broad SMARTS) is 1. The maximum Gasteiger partial charge on any atom is 0.306 e. The maximum atomic E-state index is 13.8. The number of carbonyl (C=O) groups is 2. The molecule has 0 bridgehead atoms. The number of ether oxygens (including phenoxy) is 3. The van der Waals surface area contributed by atoms with Gasteiger partial charge in [-0.15, -0.1) is 0 Å². The van der Waals surface area contributed by atoms with Crippen LogP contribution in [0, 0.1) is 5.41 Å². The van der Waals surface area contributed by atoms with Crippen molar-refractivity contribution in [3.05, 3.63) is 65.7 Å². The molecule has 5 rings (SSSR count). The van der Waals surface area contributed by atoms with Crippen molar-refractivity contribution in [1.82, 2.24) is 0 Å². The Morgan fingerprint density at radius 2 is 1.69 bits per heavy atom. The zero-order chi connectivity index (χ0) is 24.7. The van der Waals surface area contributed by atoms with E-state index in [4.69, 9.17) is 14.2 Å². The van der Waals surface area contributed by atoms with Gasteiger partial charge in [-0.05, 0) is 27.8 Å². The van der Waals surface area contributed by atoms with Gasteiger partial charge in [-0.2, -0.15) is 0 Å². The third-order valence-electron chi connectivity index (χ3n) is 6.20. The summed E-state index contributed by atoms with van der Waals surface area (Å²) in [5.74, 6) is -0.311. The molecule has 1 amide bonds. The van der Waals surface area contributed by atoms with Crippen LogP contribution in [-0.4, -0.2) is 42.8 Å². The van der Waals surface area contributed by atoms with E-state index in [1.165, 1.54) is 0 Å². The van der Waals surface area contributed by atoms with Crippen molar-refractivity contribution < 1.29 is 28.9 Å². The van der Waals surface area contributed by atoms with Crippen LogP contribution >= 0.6 is 0 Å². The highest BCUT2D eigenvalue weighted by Gasteiger charge is 2.40. The number of carbonyl (C=O) groups excluding carboxylic acids is 1. The van der Waals surface area contributed by atoms with E-state index in [-0.39, 0.29) is 11.3 Å². The molecule has 35 heavy (non-hydrogen) atoms. The van der Waals surface area contributed by atoms with Gasteiger partial charge in [0.05, 0.1) is 12.1 Å². The fourth-order valence-electron chi connectivity index (χ4n) is 4.78. The molecule has 2 aliphatic rings. The van der Waals surface area contributed by atoms with Crippen LogP contribution < -0.4 is 14.4 Å². The summed E-state index contributed by atoms with van der Waals surface area (Å²) in [5.41, 5.74) is 2.02. The Bertz CT molecular complexity index is 1290. The van der Waals surface area contributed by atoms with E-state index in [9.17, 15) is 14.7 Å². The van der Waals surface area contributed by atoms with E-state index in [0.29, 0.717) is 36.9 Å².